The van der Waals surface area contributed by atoms with Crippen molar-refractivity contribution in [2.45, 2.75) is 18.6 Å². The molecule has 0 saturated carbocycles. The Hall–Kier alpha value is -1.41. The highest BCUT2D eigenvalue weighted by molar-refractivity contribution is 5.91. The van der Waals surface area contributed by atoms with Crippen molar-refractivity contribution in [1.29, 1.82) is 0 Å². The van der Waals surface area contributed by atoms with Crippen LogP contribution < -0.4 is 0 Å². The lowest BCUT2D eigenvalue weighted by Gasteiger charge is -2.20. The minimum absolute atomic E-state index is 0.0184. The summed E-state index contributed by atoms with van der Waals surface area (Å²) >= 11 is 0. The first-order valence-electron chi connectivity index (χ1n) is 4.72. The normalized spacial score (nSPS) is 31.9. The van der Waals surface area contributed by atoms with Crippen molar-refractivity contribution in [1.82, 2.24) is 0 Å². The molecule has 1 aromatic rings. The van der Waals surface area contributed by atoms with Crippen LogP contribution in [0.3, 0.4) is 0 Å². The molecular weight excluding hydrogens is 176 g/mol. The van der Waals surface area contributed by atoms with Gasteiger partial charge in [-0.25, -0.2) is 0 Å². The molecule has 2 heterocycles. The number of Topliss-reactive ketones (excluding diaryl/α,β-unsaturated/α-hetero) is 1. The van der Waals surface area contributed by atoms with Gasteiger partial charge in [-0.05, 0) is 18.6 Å². The number of hydrogen-bond acceptors (Lipinski definition) is 2. The van der Waals surface area contributed by atoms with E-state index in [0.29, 0.717) is 0 Å². The van der Waals surface area contributed by atoms with Gasteiger partial charge in [-0.15, -0.1) is 0 Å². The van der Waals surface area contributed by atoms with Gasteiger partial charge in [-0.3, -0.25) is 4.79 Å². The fourth-order valence-corrected chi connectivity index (χ4v) is 2.30. The van der Waals surface area contributed by atoms with E-state index in [1.807, 2.05) is 36.4 Å². The number of hydrogen-bond donors (Lipinski definition) is 0. The van der Waals surface area contributed by atoms with E-state index >= 15 is 0 Å². The molecule has 2 aliphatic heterocycles. The summed E-state index contributed by atoms with van der Waals surface area (Å²) in [5.74, 6) is 0.0567. The molecule has 0 aliphatic carbocycles. The third-order valence-electron chi connectivity index (χ3n) is 3.01. The van der Waals surface area contributed by atoms with Crippen molar-refractivity contribution in [3.05, 3.63) is 47.5 Å². The Morgan fingerprint density at radius 3 is 3.00 bits per heavy atom. The molecule has 1 aromatic carbocycles. The van der Waals surface area contributed by atoms with Crippen LogP contribution in [0.25, 0.3) is 0 Å². The topological polar surface area (TPSA) is 26.3 Å². The molecule has 0 unspecified atom stereocenters. The molecule has 3 rings (SSSR count). The van der Waals surface area contributed by atoms with Crippen LogP contribution in [-0.4, -0.2) is 5.78 Å². The first kappa shape index (κ1) is 7.94. The smallest absolute Gasteiger partial charge is 0.171 e. The van der Waals surface area contributed by atoms with Crippen LogP contribution in [0.1, 0.15) is 24.2 Å². The van der Waals surface area contributed by atoms with Crippen LogP contribution in [0.15, 0.2) is 36.4 Å². The summed E-state index contributed by atoms with van der Waals surface area (Å²) in [7, 11) is 0. The maximum atomic E-state index is 11.6. The number of carbonyl (C=O) groups is 1. The fraction of sp³-hybridized carbons (Fsp3) is 0.250. The average Bonchev–Trinajstić information content (AvgIpc) is 2.75. The Labute approximate surface area is 82.2 Å². The molecule has 0 saturated heterocycles. The quantitative estimate of drug-likeness (QED) is 0.628. The molecule has 2 aliphatic rings. The molecule has 2 bridgehead atoms. The Kier molecular flexibility index (Phi) is 1.33. The molecule has 2 nitrogen and oxygen atoms in total. The van der Waals surface area contributed by atoms with E-state index in [1.165, 1.54) is 0 Å². The van der Waals surface area contributed by atoms with E-state index in [0.717, 1.165) is 11.1 Å². The van der Waals surface area contributed by atoms with Crippen molar-refractivity contribution >= 4 is 5.78 Å². The summed E-state index contributed by atoms with van der Waals surface area (Å²) in [6, 6.07) is 7.92. The predicted octanol–water partition coefficient (Wildman–Crippen LogP) is 2.11. The minimum Gasteiger partial charge on any atom is -0.346 e. The van der Waals surface area contributed by atoms with Gasteiger partial charge in [0, 0.05) is 5.56 Å². The third-order valence-corrected chi connectivity index (χ3v) is 3.01. The molecule has 0 aromatic heterocycles. The predicted molar refractivity (Wildman–Crippen MR) is 51.8 cm³/mol. The second kappa shape index (κ2) is 2.34. The molecule has 0 amide bonds. The highest BCUT2D eigenvalue weighted by Crippen LogP contribution is 2.50. The zero-order chi connectivity index (χ0) is 9.76. The van der Waals surface area contributed by atoms with Crippen molar-refractivity contribution in [2.75, 3.05) is 0 Å². The standard InChI is InChI=1S/C12H10O2/c1-8(13)12-7-6-11(14-12)9-4-2-3-5-10(9)12/h2-7,11H,1H3/t11-,12-/m1/s1. The fourth-order valence-electron chi connectivity index (χ4n) is 2.30. The maximum absolute atomic E-state index is 11.6. The number of carbonyl (C=O) groups excluding carboxylic acids is 1. The summed E-state index contributed by atoms with van der Waals surface area (Å²) in [4.78, 5) is 11.6. The van der Waals surface area contributed by atoms with E-state index < -0.39 is 5.60 Å². The van der Waals surface area contributed by atoms with Gasteiger partial charge in [0.2, 0.25) is 0 Å². The Morgan fingerprint density at radius 1 is 1.43 bits per heavy atom. The van der Waals surface area contributed by atoms with Crippen LogP contribution >= 0.6 is 0 Å². The second-order valence-electron chi connectivity index (χ2n) is 3.78. The monoisotopic (exact) mass is 186 g/mol. The molecule has 70 valence electrons. The summed E-state index contributed by atoms with van der Waals surface area (Å²) in [6.07, 6.45) is 3.82. The Balaban J connectivity index is 2.28. The zero-order valence-corrected chi connectivity index (χ0v) is 7.86. The minimum atomic E-state index is -0.777. The largest absolute Gasteiger partial charge is 0.346 e. The van der Waals surface area contributed by atoms with Gasteiger partial charge in [0.25, 0.3) is 0 Å². The van der Waals surface area contributed by atoms with Crippen molar-refractivity contribution in [2.24, 2.45) is 0 Å². The highest BCUT2D eigenvalue weighted by Gasteiger charge is 2.49. The maximum Gasteiger partial charge on any atom is 0.171 e. The van der Waals surface area contributed by atoms with E-state index in [-0.39, 0.29) is 11.9 Å². The van der Waals surface area contributed by atoms with Crippen LogP contribution in [-0.2, 0) is 15.1 Å². The first-order valence-corrected chi connectivity index (χ1v) is 4.72. The Morgan fingerprint density at radius 2 is 2.21 bits per heavy atom. The molecular formula is C12H10O2. The summed E-state index contributed by atoms with van der Waals surface area (Å²) < 4.78 is 5.73. The second-order valence-corrected chi connectivity index (χ2v) is 3.78. The van der Waals surface area contributed by atoms with Gasteiger partial charge >= 0.3 is 0 Å². The first-order chi connectivity index (χ1) is 6.74. The molecule has 0 spiro atoms. The van der Waals surface area contributed by atoms with E-state index in [1.54, 1.807) is 6.92 Å². The lowest BCUT2D eigenvalue weighted by Crippen LogP contribution is -2.29. The number of benzene rings is 1. The van der Waals surface area contributed by atoms with Crippen LogP contribution in [0.2, 0.25) is 0 Å². The molecule has 2 heteroatoms. The van der Waals surface area contributed by atoms with Crippen molar-refractivity contribution in [3.8, 4) is 0 Å². The Bertz CT molecular complexity index is 447. The lowest BCUT2D eigenvalue weighted by molar-refractivity contribution is -0.135. The lowest BCUT2D eigenvalue weighted by atomic mass is 9.85. The summed E-state index contributed by atoms with van der Waals surface area (Å²) in [5.41, 5.74) is 1.37. The average molecular weight is 186 g/mol. The van der Waals surface area contributed by atoms with Crippen molar-refractivity contribution < 1.29 is 9.53 Å². The van der Waals surface area contributed by atoms with Gasteiger partial charge < -0.3 is 4.74 Å². The van der Waals surface area contributed by atoms with E-state index in [4.69, 9.17) is 4.74 Å². The van der Waals surface area contributed by atoms with Crippen LogP contribution in [0.5, 0.6) is 0 Å². The van der Waals surface area contributed by atoms with Crippen LogP contribution in [0.4, 0.5) is 0 Å². The number of ketones is 1. The third kappa shape index (κ3) is 0.727. The highest BCUT2D eigenvalue weighted by atomic mass is 16.5. The number of fused-ring (bicyclic) bond motifs is 5. The van der Waals surface area contributed by atoms with E-state index in [2.05, 4.69) is 0 Å². The van der Waals surface area contributed by atoms with Crippen LogP contribution in [0, 0.1) is 0 Å². The number of ether oxygens (including phenoxy) is 1. The molecule has 0 fully saturated rings. The molecule has 2 atom stereocenters. The molecule has 14 heavy (non-hydrogen) atoms. The van der Waals surface area contributed by atoms with Crippen molar-refractivity contribution in [3.63, 3.8) is 0 Å². The molecule has 0 radical (unpaired) electrons. The number of rotatable bonds is 1. The van der Waals surface area contributed by atoms with Gasteiger partial charge in [0.05, 0.1) is 0 Å². The van der Waals surface area contributed by atoms with Gasteiger partial charge in [0.1, 0.15) is 6.10 Å². The summed E-state index contributed by atoms with van der Waals surface area (Å²) in [6.45, 7) is 1.58. The van der Waals surface area contributed by atoms with Gasteiger partial charge in [0.15, 0.2) is 11.4 Å². The van der Waals surface area contributed by atoms with Gasteiger partial charge in [-0.2, -0.15) is 0 Å². The summed E-state index contributed by atoms with van der Waals surface area (Å²) in [5, 5.41) is 0. The van der Waals surface area contributed by atoms with E-state index in [9.17, 15) is 4.79 Å². The molecule has 0 N–H and O–H groups in total. The SMILES string of the molecule is CC(=O)[C@@]12C=C[C@@H](O1)c1ccccc12. The van der Waals surface area contributed by atoms with Gasteiger partial charge in [-0.1, -0.05) is 30.3 Å². The zero-order valence-electron chi connectivity index (χ0n) is 7.86.